The molecule has 0 saturated carbocycles. The summed E-state index contributed by atoms with van der Waals surface area (Å²) in [4.78, 5) is 86.4. The first-order valence-electron chi connectivity index (χ1n) is 32.1. The Hall–Kier alpha value is -9.07. The lowest BCUT2D eigenvalue weighted by Crippen LogP contribution is -2.37. The quantitative estimate of drug-likeness (QED) is 0.0581. The number of hydrogen-bond acceptors (Lipinski definition) is 23. The average Bonchev–Trinajstić information content (AvgIpc) is 0.782. The van der Waals surface area contributed by atoms with E-state index < -0.39 is 10.8 Å². The maximum Gasteiger partial charge on any atom is 0.278 e. The number of fused-ring (bicyclic) bond motifs is 4. The van der Waals surface area contributed by atoms with E-state index in [1.165, 1.54) is 39.1 Å². The van der Waals surface area contributed by atoms with Gasteiger partial charge in [-0.15, -0.1) is 0 Å². The van der Waals surface area contributed by atoms with Crippen molar-refractivity contribution < 1.29 is 13.7 Å². The van der Waals surface area contributed by atoms with Crippen molar-refractivity contribution >= 4 is 131 Å². The number of halogens is 4. The minimum atomic E-state index is -1.34. The zero-order valence-electron chi connectivity index (χ0n) is 57.6. The van der Waals surface area contributed by atoms with E-state index in [0.717, 1.165) is 67.6 Å². The van der Waals surface area contributed by atoms with Gasteiger partial charge in [-0.2, -0.15) is 4.98 Å². The number of nitrogen functional groups attached to an aromatic ring is 1. The van der Waals surface area contributed by atoms with Crippen molar-refractivity contribution in [2.75, 3.05) is 114 Å². The summed E-state index contributed by atoms with van der Waals surface area (Å²) in [6, 6.07) is 36.6. The summed E-state index contributed by atoms with van der Waals surface area (Å²) in [5, 5.41) is 14.7. The summed E-state index contributed by atoms with van der Waals surface area (Å²) in [5.74, 6) is 6.41. The van der Waals surface area contributed by atoms with Crippen LogP contribution in [0.4, 0.5) is 5.95 Å². The van der Waals surface area contributed by atoms with E-state index in [-0.39, 0.29) is 33.4 Å². The third-order valence-corrected chi connectivity index (χ3v) is 19.3. The van der Waals surface area contributed by atoms with E-state index in [1.54, 1.807) is 133 Å². The van der Waals surface area contributed by atoms with Gasteiger partial charge in [0.25, 0.3) is 22.2 Å². The summed E-state index contributed by atoms with van der Waals surface area (Å²) in [6.07, 6.45) is 15.8. The zero-order valence-corrected chi connectivity index (χ0v) is 63.1. The summed E-state index contributed by atoms with van der Waals surface area (Å²) in [6.45, 7) is 3.19. The van der Waals surface area contributed by atoms with Crippen LogP contribution >= 0.6 is 69.9 Å². The van der Waals surface area contributed by atoms with Crippen molar-refractivity contribution in [3.05, 3.63) is 208 Å². The Balaban J connectivity index is 0.000000143. The first-order valence-corrected chi connectivity index (χ1v) is 37.6. The highest BCUT2D eigenvalue weighted by atomic mass is 35.5. The van der Waals surface area contributed by atoms with Crippen molar-refractivity contribution in [1.29, 1.82) is 0 Å². The van der Waals surface area contributed by atoms with Gasteiger partial charge in [0.05, 0.1) is 33.1 Å². The number of rotatable bonds is 12. The molecule has 536 valence electrons. The van der Waals surface area contributed by atoms with Gasteiger partial charge in [0.15, 0.2) is 32.9 Å². The SMILES string of the molecule is CN(C)n1c(=O)c(-c2ccccc2Cl)cc2cnc(NC3CCOCC3)nc21.CN(C)n1c(=O)c(-c2ccccc2Cl)cc2cnc(S(C)=O)nc21.CSc1ncc2cc(-c3ccccc3Cl)c(=O)n(N(C)C)c2n1.CSc1ncc2cc(-c3ccccc3Cl)c(=O)n(N)c2n1.NC1CCOCC1. The number of thioether (sulfide) groups is 2. The van der Waals surface area contributed by atoms with Crippen molar-refractivity contribution in [2.24, 2.45) is 5.73 Å². The molecule has 1 atom stereocenters. The van der Waals surface area contributed by atoms with Crippen molar-refractivity contribution in [3.63, 3.8) is 0 Å². The Kier molecular flexibility index (Phi) is 26.0. The second-order valence-electron chi connectivity index (χ2n) is 23.8. The minimum Gasteiger partial charge on any atom is -0.381 e. The number of anilines is 1. The minimum absolute atomic E-state index is 0.165. The Morgan fingerprint density at radius 3 is 1.16 bits per heavy atom. The maximum atomic E-state index is 13.2. The molecular weight excluding hydrogens is 1450 g/mol. The number of pyridine rings is 4. The van der Waals surface area contributed by atoms with Gasteiger partial charge in [-0.25, -0.2) is 53.6 Å². The highest BCUT2D eigenvalue weighted by Crippen LogP contribution is 2.32. The molecule has 32 heteroatoms. The van der Waals surface area contributed by atoms with Crippen LogP contribution in [-0.4, -0.2) is 162 Å². The van der Waals surface area contributed by atoms with Gasteiger partial charge < -0.3 is 41.4 Å². The van der Waals surface area contributed by atoms with Crippen LogP contribution in [0.15, 0.2) is 181 Å². The largest absolute Gasteiger partial charge is 0.381 e. The fourth-order valence-electron chi connectivity index (χ4n) is 11.1. The van der Waals surface area contributed by atoms with Crippen molar-refractivity contribution in [3.8, 4) is 44.5 Å². The van der Waals surface area contributed by atoms with Crippen LogP contribution in [0.2, 0.25) is 20.1 Å². The molecule has 0 radical (unpaired) electrons. The van der Waals surface area contributed by atoms with Crippen LogP contribution in [0.5, 0.6) is 0 Å². The van der Waals surface area contributed by atoms with E-state index >= 15 is 0 Å². The molecule has 0 spiro atoms. The fourth-order valence-corrected chi connectivity index (χ4v) is 13.1. The third kappa shape index (κ3) is 17.9. The van der Waals surface area contributed by atoms with Crippen LogP contribution in [0, 0.1) is 0 Å². The second kappa shape index (κ2) is 34.9. The molecule has 5 N–H and O–H groups in total. The van der Waals surface area contributed by atoms with Gasteiger partial charge in [0.2, 0.25) is 11.1 Å². The van der Waals surface area contributed by atoms with Crippen LogP contribution in [0.1, 0.15) is 25.7 Å². The molecule has 0 bridgehead atoms. The molecule has 4 aromatic carbocycles. The van der Waals surface area contributed by atoms with Crippen LogP contribution in [0.25, 0.3) is 88.6 Å². The lowest BCUT2D eigenvalue weighted by molar-refractivity contribution is 0.0866. The van der Waals surface area contributed by atoms with E-state index in [9.17, 15) is 23.4 Å². The molecule has 2 saturated heterocycles. The lowest BCUT2D eigenvalue weighted by atomic mass is 10.1. The standard InChI is InChI=1S/C20H22ClN5O2.C16H15ClN4O2S.C16H15ClN4OS.C14H11ClN4OS.C5H11NO/c1-25(2)26-18-13(11-16(19(26)27)15-5-3-4-6-17(15)21)12-22-20(24-18)23-14-7-9-28-10-8-14;1-20(2)21-14-10(9-18-16(19-14)24(3)23)8-12(15(21)22)11-6-4-5-7-13(11)17;1-20(2)21-14-10(9-18-16(19-14)23-3)8-12(15(21)22)11-6-4-5-7-13(11)17;1-21-14-17-7-8-6-10(9-4-2-3-5-11(9)15)13(20)19(16)12(8)18-14;6-5-1-3-7-4-2-5/h3-6,11-12,14H,7-10H2,1-2H3,(H,22,23,24);4-9H,1-3H3;4-9H,1-3H3;2-7H,16H2,1H3;5H,1-4,6H2. The first-order chi connectivity index (χ1) is 49.5. The molecule has 2 aliphatic rings. The molecule has 12 aromatic rings. The van der Waals surface area contributed by atoms with Gasteiger partial charge in [0, 0.05) is 176 Å². The monoisotopic (exact) mass is 1530 g/mol. The predicted molar refractivity (Wildman–Crippen MR) is 419 cm³/mol. The Morgan fingerprint density at radius 2 is 0.796 bits per heavy atom. The predicted octanol–water partition coefficient (Wildman–Crippen LogP) is 10.7. The number of nitrogens with two attached hydrogens (primary N) is 2. The summed E-state index contributed by atoms with van der Waals surface area (Å²) < 4.78 is 27.7. The molecule has 103 heavy (non-hydrogen) atoms. The van der Waals surface area contributed by atoms with Gasteiger partial charge >= 0.3 is 0 Å². The van der Waals surface area contributed by atoms with E-state index in [1.807, 2.05) is 87.3 Å². The third-order valence-electron chi connectivity index (χ3n) is 16.2. The van der Waals surface area contributed by atoms with Crippen LogP contribution < -0.4 is 54.2 Å². The molecule has 8 aromatic heterocycles. The molecule has 25 nitrogen and oxygen atoms in total. The summed E-state index contributed by atoms with van der Waals surface area (Å²) in [7, 11) is 9.37. The second-order valence-corrected chi connectivity index (χ2v) is 28.3. The van der Waals surface area contributed by atoms with E-state index in [2.05, 4.69) is 45.2 Å². The van der Waals surface area contributed by atoms with Gasteiger partial charge in [-0.05, 0) is 86.7 Å². The van der Waals surface area contributed by atoms with E-state index in [0.29, 0.717) is 120 Å². The Labute approximate surface area is 623 Å². The average molecular weight is 1530 g/mol. The maximum absolute atomic E-state index is 13.2. The zero-order chi connectivity index (χ0) is 73.8. The van der Waals surface area contributed by atoms with Gasteiger partial charge in [-0.1, -0.05) is 143 Å². The smallest absolute Gasteiger partial charge is 0.278 e. The molecule has 1 unspecified atom stereocenters. The highest BCUT2D eigenvalue weighted by molar-refractivity contribution is 7.98. The van der Waals surface area contributed by atoms with Crippen LogP contribution in [-0.2, 0) is 20.3 Å². The number of benzene rings is 4. The molecule has 2 aliphatic heterocycles. The number of nitrogens with one attached hydrogen (secondary N) is 1. The van der Waals surface area contributed by atoms with Gasteiger partial charge in [0.1, 0.15) is 0 Å². The van der Waals surface area contributed by atoms with Crippen molar-refractivity contribution in [2.45, 2.75) is 53.2 Å². The van der Waals surface area contributed by atoms with Crippen molar-refractivity contribution in [1.82, 2.24) is 58.6 Å². The lowest BCUT2D eigenvalue weighted by Gasteiger charge is -2.24. The summed E-state index contributed by atoms with van der Waals surface area (Å²) >= 11 is 27.8. The number of hydrogen-bond donors (Lipinski definition) is 3. The molecular formula is C71H74Cl4N18O7S3. The highest BCUT2D eigenvalue weighted by Gasteiger charge is 2.22. The molecule has 10 heterocycles. The first kappa shape index (κ1) is 76.6. The molecule has 2 fully saturated rings. The number of ether oxygens (including phenoxy) is 2. The van der Waals surface area contributed by atoms with Gasteiger partial charge in [-0.3, -0.25) is 23.4 Å². The summed E-state index contributed by atoms with van der Waals surface area (Å²) in [5.41, 5.74) is 11.1. The van der Waals surface area contributed by atoms with E-state index in [4.69, 9.17) is 67.5 Å². The Bertz CT molecular complexity index is 5350. The fraction of sp³-hybridized carbons (Fsp3) is 0.268. The number of aromatic nitrogens is 12. The topological polar surface area (TPSA) is 300 Å². The molecule has 14 rings (SSSR count). The normalized spacial score (nSPS) is 13.3. The molecule has 0 amide bonds. The Morgan fingerprint density at radius 1 is 0.466 bits per heavy atom. The van der Waals surface area contributed by atoms with Crippen LogP contribution in [0.3, 0.4) is 0 Å². The number of nitrogens with zero attached hydrogens (tertiary/aromatic N) is 15. The molecule has 0 aliphatic carbocycles.